The molecule has 0 bridgehead atoms. The van der Waals surface area contributed by atoms with Crippen molar-refractivity contribution in [2.24, 2.45) is 0 Å². The molecule has 0 radical (unpaired) electrons. The molecule has 112 valence electrons. The van der Waals surface area contributed by atoms with Crippen LogP contribution in [-0.2, 0) is 0 Å². The van der Waals surface area contributed by atoms with Crippen LogP contribution >= 0.6 is 0 Å². The van der Waals surface area contributed by atoms with Crippen molar-refractivity contribution < 1.29 is 14.6 Å². The molecule has 1 rings (SSSR count). The minimum absolute atomic E-state index is 0.0476. The van der Waals surface area contributed by atoms with E-state index in [4.69, 9.17) is 4.74 Å². The molecule has 0 aromatic carbocycles. The van der Waals surface area contributed by atoms with Crippen LogP contribution < -0.4 is 4.74 Å². The van der Waals surface area contributed by atoms with E-state index >= 15 is 0 Å². The highest BCUT2D eigenvalue weighted by atomic mass is 16.5. The fraction of sp³-hybridized carbons (Fsp3) is 0.600. The maximum Gasteiger partial charge on any atom is 0.255 e. The SMILES string of the molecule is CCN(CC(C)(C)O)C(=O)c1ccc(OC(C)C)nc1. The first-order chi connectivity index (χ1) is 9.23. The van der Waals surface area contributed by atoms with Crippen molar-refractivity contribution in [2.45, 2.75) is 46.3 Å². The first kappa shape index (κ1) is 16.4. The highest BCUT2D eigenvalue weighted by Gasteiger charge is 2.22. The van der Waals surface area contributed by atoms with E-state index in [1.807, 2.05) is 20.8 Å². The molecule has 1 heterocycles. The average molecular weight is 280 g/mol. The fourth-order valence-electron chi connectivity index (χ4n) is 1.79. The Kier molecular flexibility index (Phi) is 5.51. The molecule has 1 aromatic heterocycles. The number of hydrogen-bond donors (Lipinski definition) is 1. The lowest BCUT2D eigenvalue weighted by atomic mass is 10.1. The van der Waals surface area contributed by atoms with Gasteiger partial charge in [0, 0.05) is 25.4 Å². The van der Waals surface area contributed by atoms with Crippen LogP contribution in [0.15, 0.2) is 18.3 Å². The number of pyridine rings is 1. The molecule has 0 aliphatic carbocycles. The van der Waals surface area contributed by atoms with Gasteiger partial charge in [0.15, 0.2) is 0 Å². The van der Waals surface area contributed by atoms with Crippen LogP contribution in [0.3, 0.4) is 0 Å². The quantitative estimate of drug-likeness (QED) is 0.867. The molecule has 1 amide bonds. The summed E-state index contributed by atoms with van der Waals surface area (Å²) in [6, 6.07) is 3.38. The molecule has 20 heavy (non-hydrogen) atoms. The van der Waals surface area contributed by atoms with E-state index in [9.17, 15) is 9.90 Å². The summed E-state index contributed by atoms with van der Waals surface area (Å²) in [5.74, 6) is 0.361. The number of nitrogens with zero attached hydrogens (tertiary/aromatic N) is 2. The minimum Gasteiger partial charge on any atom is -0.475 e. The Balaban J connectivity index is 2.80. The lowest BCUT2D eigenvalue weighted by Gasteiger charge is -2.28. The molecule has 1 aromatic rings. The van der Waals surface area contributed by atoms with Gasteiger partial charge in [-0.25, -0.2) is 4.98 Å². The zero-order chi connectivity index (χ0) is 15.3. The molecular weight excluding hydrogens is 256 g/mol. The van der Waals surface area contributed by atoms with Crippen LogP contribution in [0.2, 0.25) is 0 Å². The van der Waals surface area contributed by atoms with Crippen molar-refractivity contribution in [3.63, 3.8) is 0 Å². The first-order valence-corrected chi connectivity index (χ1v) is 6.87. The summed E-state index contributed by atoms with van der Waals surface area (Å²) in [5, 5.41) is 9.83. The molecule has 0 unspecified atom stereocenters. The highest BCUT2D eigenvalue weighted by Crippen LogP contribution is 2.13. The van der Waals surface area contributed by atoms with Gasteiger partial charge in [-0.15, -0.1) is 0 Å². The number of aromatic nitrogens is 1. The average Bonchev–Trinajstić information content (AvgIpc) is 2.34. The smallest absolute Gasteiger partial charge is 0.255 e. The van der Waals surface area contributed by atoms with Gasteiger partial charge in [0.25, 0.3) is 5.91 Å². The molecule has 0 atom stereocenters. The van der Waals surface area contributed by atoms with Gasteiger partial charge in [-0.1, -0.05) is 0 Å². The Morgan fingerprint density at radius 3 is 2.50 bits per heavy atom. The Morgan fingerprint density at radius 2 is 2.10 bits per heavy atom. The summed E-state index contributed by atoms with van der Waals surface area (Å²) in [6.45, 7) is 9.90. The Labute approximate surface area is 120 Å². The molecule has 0 spiro atoms. The van der Waals surface area contributed by atoms with Crippen LogP contribution in [0.5, 0.6) is 5.88 Å². The van der Waals surface area contributed by atoms with Crippen molar-refractivity contribution in [3.8, 4) is 5.88 Å². The lowest BCUT2D eigenvalue weighted by molar-refractivity contribution is 0.0314. The summed E-state index contributed by atoms with van der Waals surface area (Å²) >= 11 is 0. The monoisotopic (exact) mass is 280 g/mol. The molecular formula is C15H24N2O3. The van der Waals surface area contributed by atoms with Crippen molar-refractivity contribution in [1.82, 2.24) is 9.88 Å². The summed E-state index contributed by atoms with van der Waals surface area (Å²) in [4.78, 5) is 18.0. The predicted molar refractivity (Wildman–Crippen MR) is 77.9 cm³/mol. The Morgan fingerprint density at radius 1 is 1.45 bits per heavy atom. The topological polar surface area (TPSA) is 62.7 Å². The molecule has 0 saturated heterocycles. The second kappa shape index (κ2) is 6.70. The number of rotatable bonds is 6. The minimum atomic E-state index is -0.917. The Hall–Kier alpha value is -1.62. The molecule has 0 aliphatic heterocycles. The van der Waals surface area contributed by atoms with Crippen LogP contribution in [0.4, 0.5) is 0 Å². The molecule has 0 saturated carbocycles. The van der Waals surface area contributed by atoms with Crippen LogP contribution in [-0.4, -0.2) is 45.7 Å². The van der Waals surface area contributed by atoms with Gasteiger partial charge in [0.2, 0.25) is 5.88 Å². The standard InChI is InChI=1S/C15H24N2O3/c1-6-17(10-15(4,5)19)14(18)12-7-8-13(16-9-12)20-11(2)3/h7-9,11,19H,6,10H2,1-5H3. The fourth-order valence-corrected chi connectivity index (χ4v) is 1.79. The van der Waals surface area contributed by atoms with Gasteiger partial charge < -0.3 is 14.7 Å². The largest absolute Gasteiger partial charge is 0.475 e. The normalized spacial score (nSPS) is 11.6. The molecule has 5 heteroatoms. The third-order valence-electron chi connectivity index (χ3n) is 2.59. The molecule has 5 nitrogen and oxygen atoms in total. The van der Waals surface area contributed by atoms with E-state index in [-0.39, 0.29) is 18.6 Å². The summed E-state index contributed by atoms with van der Waals surface area (Å²) in [5.41, 5.74) is -0.424. The van der Waals surface area contributed by atoms with Crippen molar-refractivity contribution in [1.29, 1.82) is 0 Å². The first-order valence-electron chi connectivity index (χ1n) is 6.87. The lowest BCUT2D eigenvalue weighted by Crippen LogP contribution is -2.42. The molecule has 0 fully saturated rings. The van der Waals surface area contributed by atoms with E-state index in [1.165, 1.54) is 6.20 Å². The van der Waals surface area contributed by atoms with Crippen molar-refractivity contribution >= 4 is 5.91 Å². The van der Waals surface area contributed by atoms with Gasteiger partial charge in [-0.05, 0) is 40.7 Å². The van der Waals surface area contributed by atoms with Crippen molar-refractivity contribution in [3.05, 3.63) is 23.9 Å². The second-order valence-electron chi connectivity index (χ2n) is 5.68. The zero-order valence-electron chi connectivity index (χ0n) is 12.9. The number of carbonyl (C=O) groups excluding carboxylic acids is 1. The number of hydrogen-bond acceptors (Lipinski definition) is 4. The van der Waals surface area contributed by atoms with Gasteiger partial charge in [-0.2, -0.15) is 0 Å². The summed E-state index contributed by atoms with van der Waals surface area (Å²) in [6.07, 6.45) is 1.55. The number of likely N-dealkylation sites (N-methyl/N-ethyl adjacent to an activating group) is 1. The van der Waals surface area contributed by atoms with Gasteiger partial charge >= 0.3 is 0 Å². The maximum atomic E-state index is 12.3. The van der Waals surface area contributed by atoms with E-state index < -0.39 is 5.60 Å². The van der Waals surface area contributed by atoms with Gasteiger partial charge in [0.1, 0.15) is 0 Å². The third-order valence-corrected chi connectivity index (χ3v) is 2.59. The van der Waals surface area contributed by atoms with E-state index in [0.717, 1.165) is 0 Å². The highest BCUT2D eigenvalue weighted by molar-refractivity contribution is 5.94. The third kappa shape index (κ3) is 5.17. The molecule has 1 N–H and O–H groups in total. The van der Waals surface area contributed by atoms with E-state index in [0.29, 0.717) is 18.0 Å². The zero-order valence-corrected chi connectivity index (χ0v) is 12.9. The number of carbonyl (C=O) groups is 1. The second-order valence-corrected chi connectivity index (χ2v) is 5.68. The van der Waals surface area contributed by atoms with Crippen LogP contribution in [0.25, 0.3) is 0 Å². The van der Waals surface area contributed by atoms with E-state index in [1.54, 1.807) is 30.9 Å². The van der Waals surface area contributed by atoms with Crippen LogP contribution in [0, 0.1) is 0 Å². The summed E-state index contributed by atoms with van der Waals surface area (Å²) in [7, 11) is 0. The van der Waals surface area contributed by atoms with E-state index in [2.05, 4.69) is 4.98 Å². The molecule has 0 aliphatic rings. The van der Waals surface area contributed by atoms with Crippen LogP contribution in [0.1, 0.15) is 45.0 Å². The van der Waals surface area contributed by atoms with Gasteiger partial charge in [-0.3, -0.25) is 4.79 Å². The predicted octanol–water partition coefficient (Wildman–Crippen LogP) is 2.10. The number of aliphatic hydroxyl groups is 1. The maximum absolute atomic E-state index is 12.3. The van der Waals surface area contributed by atoms with Crippen molar-refractivity contribution in [2.75, 3.05) is 13.1 Å². The van der Waals surface area contributed by atoms with Gasteiger partial charge in [0.05, 0.1) is 17.3 Å². The number of ether oxygens (including phenoxy) is 1. The Bertz CT molecular complexity index is 435. The number of amides is 1. The summed E-state index contributed by atoms with van der Waals surface area (Å²) < 4.78 is 5.44.